The SMILES string of the molecule is O=C(CCCOc1ccccc1)NC1CCN(C(=O)CCc2ccc(Cl)cc2)CC1. The van der Waals surface area contributed by atoms with Gasteiger partial charge in [-0.3, -0.25) is 9.59 Å². The molecule has 1 aliphatic heterocycles. The number of hydrogen-bond acceptors (Lipinski definition) is 3. The van der Waals surface area contributed by atoms with Gasteiger partial charge in [-0.25, -0.2) is 0 Å². The Kier molecular flexibility index (Phi) is 8.57. The molecule has 1 aliphatic rings. The molecule has 160 valence electrons. The summed E-state index contributed by atoms with van der Waals surface area (Å²) in [6, 6.07) is 17.4. The van der Waals surface area contributed by atoms with E-state index in [0.29, 0.717) is 44.0 Å². The molecule has 2 aromatic rings. The van der Waals surface area contributed by atoms with E-state index in [9.17, 15) is 9.59 Å². The zero-order valence-corrected chi connectivity index (χ0v) is 17.9. The molecule has 6 heteroatoms. The third kappa shape index (κ3) is 7.38. The molecule has 1 fully saturated rings. The van der Waals surface area contributed by atoms with Gasteiger partial charge in [0.05, 0.1) is 6.61 Å². The van der Waals surface area contributed by atoms with Crippen LogP contribution in [-0.2, 0) is 16.0 Å². The Bertz CT molecular complexity index is 803. The minimum absolute atomic E-state index is 0.0548. The minimum atomic E-state index is 0.0548. The summed E-state index contributed by atoms with van der Waals surface area (Å²) in [6.45, 7) is 1.92. The molecule has 1 heterocycles. The fourth-order valence-corrected chi connectivity index (χ4v) is 3.70. The van der Waals surface area contributed by atoms with Gasteiger partial charge in [0.1, 0.15) is 5.75 Å². The summed E-state index contributed by atoms with van der Waals surface area (Å²) in [4.78, 5) is 26.5. The van der Waals surface area contributed by atoms with Crippen molar-refractivity contribution in [2.45, 2.75) is 44.6 Å². The largest absolute Gasteiger partial charge is 0.494 e. The number of benzene rings is 2. The van der Waals surface area contributed by atoms with Gasteiger partial charge in [0.2, 0.25) is 11.8 Å². The molecule has 0 radical (unpaired) electrons. The lowest BCUT2D eigenvalue weighted by atomic mass is 10.0. The van der Waals surface area contributed by atoms with Crippen molar-refractivity contribution in [2.75, 3.05) is 19.7 Å². The number of para-hydroxylation sites is 1. The lowest BCUT2D eigenvalue weighted by Crippen LogP contribution is -2.46. The normalized spacial score (nSPS) is 14.4. The molecular formula is C24H29ClN2O3. The van der Waals surface area contributed by atoms with Gasteiger partial charge in [0.15, 0.2) is 0 Å². The maximum absolute atomic E-state index is 12.5. The molecule has 0 spiro atoms. The monoisotopic (exact) mass is 428 g/mol. The van der Waals surface area contributed by atoms with Crippen molar-refractivity contribution in [3.05, 3.63) is 65.2 Å². The highest BCUT2D eigenvalue weighted by Crippen LogP contribution is 2.15. The van der Waals surface area contributed by atoms with Gasteiger partial charge >= 0.3 is 0 Å². The van der Waals surface area contributed by atoms with E-state index in [2.05, 4.69) is 5.32 Å². The van der Waals surface area contributed by atoms with Crippen LogP contribution in [0.3, 0.4) is 0 Å². The Morgan fingerprint density at radius 2 is 1.70 bits per heavy atom. The Morgan fingerprint density at radius 1 is 1.00 bits per heavy atom. The maximum atomic E-state index is 12.5. The third-order valence-electron chi connectivity index (χ3n) is 5.31. The van der Waals surface area contributed by atoms with Crippen LogP contribution in [0.4, 0.5) is 0 Å². The molecule has 2 aromatic carbocycles. The predicted molar refractivity (Wildman–Crippen MR) is 119 cm³/mol. The number of amides is 2. The zero-order valence-electron chi connectivity index (χ0n) is 17.2. The molecule has 3 rings (SSSR count). The van der Waals surface area contributed by atoms with Gasteiger partial charge < -0.3 is 15.0 Å². The first-order valence-corrected chi connectivity index (χ1v) is 11.0. The van der Waals surface area contributed by atoms with E-state index in [4.69, 9.17) is 16.3 Å². The highest BCUT2D eigenvalue weighted by molar-refractivity contribution is 6.30. The van der Waals surface area contributed by atoms with Crippen molar-refractivity contribution >= 4 is 23.4 Å². The van der Waals surface area contributed by atoms with Gasteiger partial charge in [0.25, 0.3) is 0 Å². The number of rotatable bonds is 9. The van der Waals surface area contributed by atoms with E-state index in [1.807, 2.05) is 59.5 Å². The van der Waals surface area contributed by atoms with Crippen molar-refractivity contribution in [1.29, 1.82) is 0 Å². The van der Waals surface area contributed by atoms with Gasteiger partial charge in [0, 0.05) is 37.0 Å². The molecule has 30 heavy (non-hydrogen) atoms. The molecule has 0 aliphatic carbocycles. The van der Waals surface area contributed by atoms with Crippen LogP contribution >= 0.6 is 11.6 Å². The van der Waals surface area contributed by atoms with E-state index >= 15 is 0 Å². The highest BCUT2D eigenvalue weighted by Gasteiger charge is 2.23. The number of nitrogens with one attached hydrogen (secondary N) is 1. The molecule has 0 saturated carbocycles. The smallest absolute Gasteiger partial charge is 0.222 e. The van der Waals surface area contributed by atoms with E-state index < -0.39 is 0 Å². The average Bonchev–Trinajstić information content (AvgIpc) is 2.77. The summed E-state index contributed by atoms with van der Waals surface area (Å²) in [5.74, 6) is 1.05. The van der Waals surface area contributed by atoms with Crippen LogP contribution in [0.15, 0.2) is 54.6 Å². The number of carbonyl (C=O) groups excluding carboxylic acids is 2. The van der Waals surface area contributed by atoms with Crippen LogP contribution in [0.1, 0.15) is 37.7 Å². The second-order valence-corrected chi connectivity index (χ2v) is 8.05. The lowest BCUT2D eigenvalue weighted by molar-refractivity contribution is -0.132. The summed E-state index contributed by atoms with van der Waals surface area (Å²) in [6.07, 6.45) is 3.96. The molecule has 5 nitrogen and oxygen atoms in total. The standard InChI is InChI=1S/C24H29ClN2O3/c25-20-11-8-19(9-12-20)10-13-24(29)27-16-14-21(15-17-27)26-23(28)7-4-18-30-22-5-2-1-3-6-22/h1-3,5-6,8-9,11-12,21H,4,7,10,13-18H2,(H,26,28). The van der Waals surface area contributed by atoms with E-state index in [1.165, 1.54) is 0 Å². The van der Waals surface area contributed by atoms with Crippen LogP contribution < -0.4 is 10.1 Å². The van der Waals surface area contributed by atoms with Gasteiger partial charge in [-0.2, -0.15) is 0 Å². The Morgan fingerprint density at radius 3 is 2.40 bits per heavy atom. The fraction of sp³-hybridized carbons (Fsp3) is 0.417. The number of nitrogens with zero attached hydrogens (tertiary/aromatic N) is 1. The number of piperidine rings is 1. The van der Waals surface area contributed by atoms with Crippen LogP contribution in [0.5, 0.6) is 5.75 Å². The van der Waals surface area contributed by atoms with Gasteiger partial charge in [-0.15, -0.1) is 0 Å². The Labute approximate surface area is 183 Å². The van der Waals surface area contributed by atoms with Crippen LogP contribution in [0.25, 0.3) is 0 Å². The minimum Gasteiger partial charge on any atom is -0.494 e. The summed E-state index contributed by atoms with van der Waals surface area (Å²) in [5, 5.41) is 3.80. The van der Waals surface area contributed by atoms with Crippen LogP contribution in [0, 0.1) is 0 Å². The zero-order chi connectivity index (χ0) is 21.2. The maximum Gasteiger partial charge on any atom is 0.222 e. The van der Waals surface area contributed by atoms with E-state index in [0.717, 1.165) is 30.6 Å². The molecular weight excluding hydrogens is 400 g/mol. The Hall–Kier alpha value is -2.53. The molecule has 1 saturated heterocycles. The lowest BCUT2D eigenvalue weighted by Gasteiger charge is -2.32. The predicted octanol–water partition coefficient (Wildman–Crippen LogP) is 4.24. The van der Waals surface area contributed by atoms with Gasteiger partial charge in [-0.1, -0.05) is 41.9 Å². The van der Waals surface area contributed by atoms with Crippen molar-refractivity contribution in [2.24, 2.45) is 0 Å². The van der Waals surface area contributed by atoms with E-state index in [-0.39, 0.29) is 17.9 Å². The van der Waals surface area contributed by atoms with Crippen molar-refractivity contribution in [3.8, 4) is 5.75 Å². The van der Waals surface area contributed by atoms with Crippen molar-refractivity contribution in [1.82, 2.24) is 10.2 Å². The number of likely N-dealkylation sites (tertiary alicyclic amines) is 1. The number of carbonyl (C=O) groups is 2. The number of ether oxygens (including phenoxy) is 1. The van der Waals surface area contributed by atoms with E-state index in [1.54, 1.807) is 0 Å². The molecule has 2 amide bonds. The fourth-order valence-electron chi connectivity index (χ4n) is 3.57. The average molecular weight is 429 g/mol. The molecule has 0 aromatic heterocycles. The third-order valence-corrected chi connectivity index (χ3v) is 5.57. The quantitative estimate of drug-likeness (QED) is 0.608. The number of halogens is 1. The van der Waals surface area contributed by atoms with Crippen molar-refractivity contribution in [3.63, 3.8) is 0 Å². The summed E-state index contributed by atoms with van der Waals surface area (Å²) >= 11 is 5.90. The Balaban J connectivity index is 1.28. The summed E-state index contributed by atoms with van der Waals surface area (Å²) < 4.78 is 5.62. The van der Waals surface area contributed by atoms with Crippen LogP contribution in [-0.4, -0.2) is 42.5 Å². The second-order valence-electron chi connectivity index (χ2n) is 7.61. The first kappa shape index (κ1) is 22.2. The molecule has 0 atom stereocenters. The molecule has 0 bridgehead atoms. The summed E-state index contributed by atoms with van der Waals surface area (Å²) in [5.41, 5.74) is 1.12. The molecule has 0 unspecified atom stereocenters. The van der Waals surface area contributed by atoms with Gasteiger partial charge in [-0.05, 0) is 55.5 Å². The van der Waals surface area contributed by atoms with Crippen LogP contribution in [0.2, 0.25) is 5.02 Å². The number of aryl methyl sites for hydroxylation is 1. The molecule has 1 N–H and O–H groups in total. The summed E-state index contributed by atoms with van der Waals surface area (Å²) in [7, 11) is 0. The first-order valence-electron chi connectivity index (χ1n) is 10.6. The highest BCUT2D eigenvalue weighted by atomic mass is 35.5. The first-order chi connectivity index (χ1) is 14.6. The second kappa shape index (κ2) is 11.6. The topological polar surface area (TPSA) is 58.6 Å². The number of hydrogen-bond donors (Lipinski definition) is 1. The van der Waals surface area contributed by atoms with Crippen molar-refractivity contribution < 1.29 is 14.3 Å².